The molecule has 0 aliphatic carbocycles. The Morgan fingerprint density at radius 1 is 1.31 bits per heavy atom. The smallest absolute Gasteiger partial charge is 0.238 e. The molecule has 1 heterocycles. The molecule has 2 aromatic rings. The van der Waals surface area contributed by atoms with Crippen LogP contribution in [-0.4, -0.2) is 10.1 Å². The standard InChI is InChI=1S/C11H7BrClNO2/c12-7-4-10(13)11(14-6-7)16-9-3-1-2-8(15)5-9/h1-6,15H. The number of hydrogen-bond donors (Lipinski definition) is 1. The van der Waals surface area contributed by atoms with Gasteiger partial charge in [-0.25, -0.2) is 4.98 Å². The van der Waals surface area contributed by atoms with E-state index in [0.29, 0.717) is 16.7 Å². The summed E-state index contributed by atoms with van der Waals surface area (Å²) in [4.78, 5) is 4.02. The summed E-state index contributed by atoms with van der Waals surface area (Å²) in [7, 11) is 0. The Balaban J connectivity index is 2.27. The van der Waals surface area contributed by atoms with Gasteiger partial charge in [-0.2, -0.15) is 0 Å². The van der Waals surface area contributed by atoms with Crippen LogP contribution in [0.5, 0.6) is 17.4 Å². The summed E-state index contributed by atoms with van der Waals surface area (Å²) in [6.45, 7) is 0. The molecule has 0 aliphatic heterocycles. The van der Waals surface area contributed by atoms with E-state index >= 15 is 0 Å². The van der Waals surface area contributed by atoms with Gasteiger partial charge >= 0.3 is 0 Å². The average Bonchev–Trinajstić information content (AvgIpc) is 2.22. The number of aromatic hydroxyl groups is 1. The van der Waals surface area contributed by atoms with Gasteiger partial charge in [0.1, 0.15) is 16.5 Å². The number of nitrogens with zero attached hydrogens (tertiary/aromatic N) is 1. The van der Waals surface area contributed by atoms with E-state index in [4.69, 9.17) is 16.3 Å². The van der Waals surface area contributed by atoms with Gasteiger partial charge in [0.2, 0.25) is 5.88 Å². The van der Waals surface area contributed by atoms with Crippen LogP contribution < -0.4 is 4.74 Å². The predicted octanol–water partition coefficient (Wildman–Crippen LogP) is 4.00. The molecule has 0 unspecified atom stereocenters. The maximum absolute atomic E-state index is 9.26. The third-order valence-corrected chi connectivity index (χ3v) is 2.51. The van der Waals surface area contributed by atoms with Crippen LogP contribution in [0.2, 0.25) is 5.02 Å². The van der Waals surface area contributed by atoms with Crippen molar-refractivity contribution in [2.45, 2.75) is 0 Å². The summed E-state index contributed by atoms with van der Waals surface area (Å²) >= 11 is 9.19. The maximum Gasteiger partial charge on any atom is 0.238 e. The second kappa shape index (κ2) is 4.72. The molecule has 0 aliphatic rings. The number of aromatic nitrogens is 1. The second-order valence-electron chi connectivity index (χ2n) is 3.04. The predicted molar refractivity (Wildman–Crippen MR) is 65.1 cm³/mol. The Morgan fingerprint density at radius 3 is 2.81 bits per heavy atom. The quantitative estimate of drug-likeness (QED) is 0.911. The lowest BCUT2D eigenvalue weighted by Crippen LogP contribution is -1.88. The fourth-order valence-corrected chi connectivity index (χ4v) is 1.80. The monoisotopic (exact) mass is 299 g/mol. The topological polar surface area (TPSA) is 42.4 Å². The molecule has 1 N–H and O–H groups in total. The third-order valence-electron chi connectivity index (χ3n) is 1.81. The van der Waals surface area contributed by atoms with Gasteiger partial charge in [-0.05, 0) is 34.1 Å². The molecule has 3 nitrogen and oxygen atoms in total. The zero-order valence-electron chi connectivity index (χ0n) is 8.02. The summed E-state index contributed by atoms with van der Waals surface area (Å²) in [5.74, 6) is 0.915. The highest BCUT2D eigenvalue weighted by Crippen LogP contribution is 2.30. The second-order valence-corrected chi connectivity index (χ2v) is 4.36. The Morgan fingerprint density at radius 2 is 2.12 bits per heavy atom. The third kappa shape index (κ3) is 2.65. The highest BCUT2D eigenvalue weighted by molar-refractivity contribution is 9.10. The summed E-state index contributed by atoms with van der Waals surface area (Å²) in [5.41, 5.74) is 0. The first-order valence-electron chi connectivity index (χ1n) is 4.43. The van der Waals surface area contributed by atoms with Gasteiger partial charge in [0.15, 0.2) is 0 Å². The molecule has 0 bridgehead atoms. The van der Waals surface area contributed by atoms with Crippen LogP contribution in [0.25, 0.3) is 0 Å². The van der Waals surface area contributed by atoms with Crippen LogP contribution in [0.1, 0.15) is 0 Å². The number of hydrogen-bond acceptors (Lipinski definition) is 3. The van der Waals surface area contributed by atoms with Crippen molar-refractivity contribution in [3.05, 3.63) is 46.0 Å². The minimum absolute atomic E-state index is 0.130. The first-order chi connectivity index (χ1) is 7.65. The van der Waals surface area contributed by atoms with Crippen LogP contribution >= 0.6 is 27.5 Å². The molecule has 16 heavy (non-hydrogen) atoms. The molecule has 0 atom stereocenters. The van der Waals surface area contributed by atoms with Crippen LogP contribution in [0.15, 0.2) is 41.0 Å². The van der Waals surface area contributed by atoms with Crippen molar-refractivity contribution in [1.29, 1.82) is 0 Å². The lowest BCUT2D eigenvalue weighted by atomic mass is 10.3. The fraction of sp³-hybridized carbons (Fsp3) is 0. The van der Waals surface area contributed by atoms with E-state index in [0.717, 1.165) is 4.47 Å². The molecule has 1 aromatic carbocycles. The molecule has 0 radical (unpaired) electrons. The molecular weight excluding hydrogens is 293 g/mol. The normalized spacial score (nSPS) is 10.1. The van der Waals surface area contributed by atoms with E-state index in [9.17, 15) is 5.11 Å². The number of ether oxygens (including phenoxy) is 1. The lowest BCUT2D eigenvalue weighted by Gasteiger charge is -2.06. The molecule has 0 fully saturated rings. The van der Waals surface area contributed by atoms with E-state index in [1.807, 2.05) is 0 Å². The first kappa shape index (κ1) is 11.2. The SMILES string of the molecule is Oc1cccc(Oc2ncc(Br)cc2Cl)c1. The van der Waals surface area contributed by atoms with E-state index < -0.39 is 0 Å². The molecule has 0 saturated heterocycles. The van der Waals surface area contributed by atoms with Gasteiger partial charge in [-0.1, -0.05) is 17.7 Å². The summed E-state index contributed by atoms with van der Waals surface area (Å²) in [6, 6.07) is 8.12. The minimum atomic E-state index is 0.130. The Kier molecular flexibility index (Phi) is 3.31. The molecule has 2 rings (SSSR count). The molecule has 1 aromatic heterocycles. The molecule has 0 amide bonds. The van der Waals surface area contributed by atoms with Gasteiger partial charge in [-0.3, -0.25) is 0 Å². The number of rotatable bonds is 2. The highest BCUT2D eigenvalue weighted by atomic mass is 79.9. The average molecular weight is 301 g/mol. The fourth-order valence-electron chi connectivity index (χ4n) is 1.14. The lowest BCUT2D eigenvalue weighted by molar-refractivity contribution is 0.445. The van der Waals surface area contributed by atoms with Crippen molar-refractivity contribution in [2.75, 3.05) is 0 Å². The molecule has 82 valence electrons. The number of halogens is 2. The Bertz CT molecular complexity index is 519. The van der Waals surface area contributed by atoms with Gasteiger partial charge in [-0.15, -0.1) is 0 Å². The van der Waals surface area contributed by atoms with E-state index in [1.54, 1.807) is 30.5 Å². The van der Waals surface area contributed by atoms with Crippen molar-refractivity contribution in [1.82, 2.24) is 4.98 Å². The summed E-state index contributed by atoms with van der Waals surface area (Å²) in [5, 5.41) is 9.66. The van der Waals surface area contributed by atoms with Crippen molar-refractivity contribution < 1.29 is 9.84 Å². The maximum atomic E-state index is 9.26. The van der Waals surface area contributed by atoms with Crippen LogP contribution in [-0.2, 0) is 0 Å². The first-order valence-corrected chi connectivity index (χ1v) is 5.60. The zero-order chi connectivity index (χ0) is 11.5. The highest BCUT2D eigenvalue weighted by Gasteiger charge is 2.05. The molecule has 5 heteroatoms. The van der Waals surface area contributed by atoms with Crippen LogP contribution in [0.4, 0.5) is 0 Å². The zero-order valence-corrected chi connectivity index (χ0v) is 10.4. The van der Waals surface area contributed by atoms with Crippen molar-refractivity contribution in [2.24, 2.45) is 0 Å². The van der Waals surface area contributed by atoms with Crippen LogP contribution in [0.3, 0.4) is 0 Å². The van der Waals surface area contributed by atoms with Gasteiger partial charge < -0.3 is 9.84 Å². The number of phenolic OH excluding ortho intramolecular Hbond substituents is 1. The number of phenols is 1. The van der Waals surface area contributed by atoms with E-state index in [1.165, 1.54) is 6.07 Å². The molecular formula is C11H7BrClNO2. The molecule has 0 saturated carbocycles. The largest absolute Gasteiger partial charge is 0.508 e. The van der Waals surface area contributed by atoms with Crippen molar-refractivity contribution in [3.8, 4) is 17.4 Å². The Hall–Kier alpha value is -1.26. The number of pyridine rings is 1. The number of benzene rings is 1. The van der Waals surface area contributed by atoms with Gasteiger partial charge in [0, 0.05) is 16.7 Å². The van der Waals surface area contributed by atoms with Gasteiger partial charge in [0.05, 0.1) is 0 Å². The van der Waals surface area contributed by atoms with E-state index in [2.05, 4.69) is 20.9 Å². The van der Waals surface area contributed by atoms with Crippen molar-refractivity contribution >= 4 is 27.5 Å². The van der Waals surface area contributed by atoms with Gasteiger partial charge in [0.25, 0.3) is 0 Å². The summed E-state index contributed by atoms with van der Waals surface area (Å²) < 4.78 is 6.20. The van der Waals surface area contributed by atoms with Crippen LogP contribution in [0, 0.1) is 0 Å². The Labute approximate surface area is 106 Å². The molecule has 0 spiro atoms. The van der Waals surface area contributed by atoms with Crippen molar-refractivity contribution in [3.63, 3.8) is 0 Å². The van der Waals surface area contributed by atoms with E-state index in [-0.39, 0.29) is 5.75 Å². The summed E-state index contributed by atoms with van der Waals surface area (Å²) in [6.07, 6.45) is 1.59. The minimum Gasteiger partial charge on any atom is -0.508 e.